The van der Waals surface area contributed by atoms with Gasteiger partial charge in [0, 0.05) is 17.8 Å². The highest BCUT2D eigenvalue weighted by Gasteiger charge is 2.24. The lowest BCUT2D eigenvalue weighted by Crippen LogP contribution is -2.10. The monoisotopic (exact) mass is 318 g/mol. The van der Waals surface area contributed by atoms with Crippen LogP contribution in [0.1, 0.15) is 41.7 Å². The summed E-state index contributed by atoms with van der Waals surface area (Å²) < 4.78 is 4.99. The first-order valence-electron chi connectivity index (χ1n) is 7.10. The average molecular weight is 319 g/mol. The second kappa shape index (κ2) is 6.27. The van der Waals surface area contributed by atoms with Crippen LogP contribution in [0.3, 0.4) is 0 Å². The van der Waals surface area contributed by atoms with Crippen molar-refractivity contribution >= 4 is 29.1 Å². The van der Waals surface area contributed by atoms with Crippen molar-refractivity contribution in [2.24, 2.45) is 0 Å². The minimum atomic E-state index is -0.496. The molecule has 0 unspecified atom stereocenters. The van der Waals surface area contributed by atoms with Crippen molar-refractivity contribution in [1.29, 1.82) is 0 Å². The number of anilines is 2. The fraction of sp³-hybridized carbons (Fsp3) is 0.333. The molecule has 1 aliphatic rings. The Hall–Kier alpha value is -2.21. The van der Waals surface area contributed by atoms with Crippen LogP contribution in [-0.2, 0) is 4.74 Å². The molecule has 1 saturated carbocycles. The minimum absolute atomic E-state index is 0.0538. The number of halogens is 1. The van der Waals surface area contributed by atoms with E-state index >= 15 is 0 Å². The third kappa shape index (κ3) is 3.33. The number of hydrogen-bond donors (Lipinski definition) is 1. The summed E-state index contributed by atoms with van der Waals surface area (Å²) in [6.45, 7) is 2.01. The summed E-state index contributed by atoms with van der Waals surface area (Å²) in [4.78, 5) is 24.2. The van der Waals surface area contributed by atoms with Crippen LogP contribution < -0.4 is 5.32 Å². The summed E-state index contributed by atoms with van der Waals surface area (Å²) in [6.07, 6.45) is 5.48. The van der Waals surface area contributed by atoms with E-state index in [2.05, 4.69) is 20.3 Å². The zero-order chi connectivity index (χ0) is 15.5. The maximum absolute atomic E-state index is 11.9. The van der Waals surface area contributed by atoms with Crippen molar-refractivity contribution < 1.29 is 9.53 Å². The molecule has 7 heteroatoms. The Kier molecular flexibility index (Phi) is 4.20. The van der Waals surface area contributed by atoms with E-state index in [9.17, 15) is 4.79 Å². The number of rotatable bonds is 5. The van der Waals surface area contributed by atoms with Gasteiger partial charge >= 0.3 is 5.97 Å². The standard InChI is InChI=1S/C15H15ClN4O2/c1-2-22-14(21)11-8-18-15(16)20-13(11)19-10-5-6-12(17-7-10)9-3-4-9/h5-9H,2-4H2,1H3,(H,18,19,20). The maximum Gasteiger partial charge on any atom is 0.343 e. The molecule has 3 rings (SSSR count). The molecule has 0 saturated heterocycles. The van der Waals surface area contributed by atoms with Gasteiger partial charge in [-0.05, 0) is 43.5 Å². The number of pyridine rings is 1. The number of nitrogens with zero attached hydrogens (tertiary/aromatic N) is 3. The summed E-state index contributed by atoms with van der Waals surface area (Å²) in [7, 11) is 0. The van der Waals surface area contributed by atoms with Crippen LogP contribution in [0.5, 0.6) is 0 Å². The number of ether oxygens (including phenoxy) is 1. The number of carbonyl (C=O) groups excluding carboxylic acids is 1. The first kappa shape index (κ1) is 14.7. The first-order chi connectivity index (χ1) is 10.7. The second-order valence-corrected chi connectivity index (χ2v) is 5.33. The van der Waals surface area contributed by atoms with Gasteiger partial charge in [-0.25, -0.2) is 9.78 Å². The Bertz CT molecular complexity index is 686. The lowest BCUT2D eigenvalue weighted by Gasteiger charge is -2.10. The van der Waals surface area contributed by atoms with E-state index in [0.29, 0.717) is 11.7 Å². The Morgan fingerprint density at radius 2 is 2.18 bits per heavy atom. The summed E-state index contributed by atoms with van der Waals surface area (Å²) in [5.41, 5.74) is 2.05. The zero-order valence-corrected chi connectivity index (χ0v) is 12.8. The van der Waals surface area contributed by atoms with Gasteiger partial charge in [-0.1, -0.05) is 0 Å². The van der Waals surface area contributed by atoms with E-state index in [1.807, 2.05) is 12.1 Å². The minimum Gasteiger partial charge on any atom is -0.462 e. The molecule has 0 spiro atoms. The van der Waals surface area contributed by atoms with Crippen molar-refractivity contribution in [3.05, 3.63) is 41.1 Å². The van der Waals surface area contributed by atoms with E-state index in [0.717, 1.165) is 11.4 Å². The summed E-state index contributed by atoms with van der Waals surface area (Å²) in [5, 5.41) is 3.09. The number of aromatic nitrogens is 3. The summed E-state index contributed by atoms with van der Waals surface area (Å²) in [6, 6.07) is 3.89. The van der Waals surface area contributed by atoms with Crippen LogP contribution in [0.2, 0.25) is 5.28 Å². The molecule has 114 valence electrons. The van der Waals surface area contributed by atoms with Crippen LogP contribution in [0.25, 0.3) is 0 Å². The highest BCUT2D eigenvalue weighted by molar-refractivity contribution is 6.28. The molecule has 0 radical (unpaired) electrons. The molecular formula is C15H15ClN4O2. The van der Waals surface area contributed by atoms with E-state index < -0.39 is 5.97 Å². The van der Waals surface area contributed by atoms with Crippen LogP contribution in [0.15, 0.2) is 24.5 Å². The topological polar surface area (TPSA) is 77.0 Å². The van der Waals surface area contributed by atoms with Crippen LogP contribution in [0, 0.1) is 0 Å². The SMILES string of the molecule is CCOC(=O)c1cnc(Cl)nc1Nc1ccc(C2CC2)nc1. The molecule has 2 aromatic rings. The largest absolute Gasteiger partial charge is 0.462 e. The van der Waals surface area contributed by atoms with Gasteiger partial charge in [0.15, 0.2) is 0 Å². The summed E-state index contributed by atoms with van der Waals surface area (Å²) in [5.74, 6) is 0.404. The molecule has 0 amide bonds. The van der Waals surface area contributed by atoms with Crippen molar-refractivity contribution in [3.63, 3.8) is 0 Å². The maximum atomic E-state index is 11.9. The fourth-order valence-electron chi connectivity index (χ4n) is 2.05. The Labute approximate surface area is 132 Å². The third-order valence-electron chi connectivity index (χ3n) is 3.30. The van der Waals surface area contributed by atoms with Crippen LogP contribution in [0.4, 0.5) is 11.5 Å². The Balaban J connectivity index is 1.83. The average Bonchev–Trinajstić information content (AvgIpc) is 3.33. The third-order valence-corrected chi connectivity index (χ3v) is 3.48. The predicted octanol–water partition coefficient (Wildman–Crippen LogP) is 3.32. The van der Waals surface area contributed by atoms with Gasteiger partial charge in [0.25, 0.3) is 0 Å². The number of carbonyl (C=O) groups is 1. The van der Waals surface area contributed by atoms with Gasteiger partial charge in [0.1, 0.15) is 11.4 Å². The Morgan fingerprint density at radius 1 is 1.36 bits per heavy atom. The van der Waals surface area contributed by atoms with E-state index in [-0.39, 0.29) is 17.5 Å². The van der Waals surface area contributed by atoms with Gasteiger partial charge in [-0.3, -0.25) is 4.98 Å². The van der Waals surface area contributed by atoms with Gasteiger partial charge in [-0.15, -0.1) is 0 Å². The molecule has 0 aliphatic heterocycles. The van der Waals surface area contributed by atoms with Gasteiger partial charge in [0.2, 0.25) is 5.28 Å². The van der Waals surface area contributed by atoms with Crippen molar-refractivity contribution in [2.45, 2.75) is 25.7 Å². The second-order valence-electron chi connectivity index (χ2n) is 4.99. The number of nitrogens with one attached hydrogen (secondary N) is 1. The van der Waals surface area contributed by atoms with E-state index in [1.54, 1.807) is 13.1 Å². The molecule has 1 N–H and O–H groups in total. The first-order valence-corrected chi connectivity index (χ1v) is 7.48. The molecule has 0 aromatic carbocycles. The lowest BCUT2D eigenvalue weighted by molar-refractivity contribution is 0.0526. The molecular weight excluding hydrogens is 304 g/mol. The molecule has 2 heterocycles. The van der Waals surface area contributed by atoms with E-state index in [4.69, 9.17) is 16.3 Å². The molecule has 2 aromatic heterocycles. The quantitative estimate of drug-likeness (QED) is 0.673. The van der Waals surface area contributed by atoms with E-state index in [1.165, 1.54) is 19.0 Å². The molecule has 1 aliphatic carbocycles. The van der Waals surface area contributed by atoms with Gasteiger partial charge in [0.05, 0.1) is 18.5 Å². The lowest BCUT2D eigenvalue weighted by atomic mass is 10.2. The van der Waals surface area contributed by atoms with Crippen LogP contribution >= 0.6 is 11.6 Å². The highest BCUT2D eigenvalue weighted by Crippen LogP contribution is 2.39. The van der Waals surface area contributed by atoms with Gasteiger partial charge in [-0.2, -0.15) is 4.98 Å². The highest BCUT2D eigenvalue weighted by atomic mass is 35.5. The Morgan fingerprint density at radius 3 is 2.82 bits per heavy atom. The zero-order valence-electron chi connectivity index (χ0n) is 12.0. The molecule has 0 atom stereocenters. The normalized spacial score (nSPS) is 13.7. The predicted molar refractivity (Wildman–Crippen MR) is 82.5 cm³/mol. The number of hydrogen-bond acceptors (Lipinski definition) is 6. The van der Waals surface area contributed by atoms with Crippen molar-refractivity contribution in [1.82, 2.24) is 15.0 Å². The molecule has 22 heavy (non-hydrogen) atoms. The summed E-state index contributed by atoms with van der Waals surface area (Å²) >= 11 is 5.81. The molecule has 6 nitrogen and oxygen atoms in total. The fourth-order valence-corrected chi connectivity index (χ4v) is 2.18. The smallest absolute Gasteiger partial charge is 0.343 e. The molecule has 0 bridgehead atoms. The molecule has 1 fully saturated rings. The number of esters is 1. The van der Waals surface area contributed by atoms with Crippen molar-refractivity contribution in [3.8, 4) is 0 Å². The van der Waals surface area contributed by atoms with Crippen molar-refractivity contribution in [2.75, 3.05) is 11.9 Å². The van der Waals surface area contributed by atoms with Crippen LogP contribution in [-0.4, -0.2) is 27.5 Å². The van der Waals surface area contributed by atoms with Gasteiger partial charge < -0.3 is 10.1 Å².